The average molecular weight is 1110 g/mol. The molecular formula is C60H76N4O16. The average Bonchev–Trinajstić information content (AvgIpc) is 3.33. The van der Waals surface area contributed by atoms with Crippen LogP contribution in [0.4, 0.5) is 0 Å². The first-order valence-electron chi connectivity index (χ1n) is 26.2. The minimum Gasteiger partial charge on any atom is -0.483 e. The third-order valence-corrected chi connectivity index (χ3v) is 13.1. The zero-order valence-electron chi connectivity index (χ0n) is 47.8. The predicted molar refractivity (Wildman–Crippen MR) is 296 cm³/mol. The molecule has 0 atom stereocenters. The van der Waals surface area contributed by atoms with Crippen molar-refractivity contribution in [1.82, 2.24) is 21.3 Å². The topological polar surface area (TPSA) is 303 Å². The van der Waals surface area contributed by atoms with Crippen LogP contribution in [0.1, 0.15) is 150 Å². The van der Waals surface area contributed by atoms with Crippen molar-refractivity contribution in [2.24, 2.45) is 0 Å². The highest BCUT2D eigenvalue weighted by Gasteiger charge is 2.31. The maximum Gasteiger partial charge on any atom is 0.322 e. The van der Waals surface area contributed by atoms with Crippen LogP contribution in [0.3, 0.4) is 0 Å². The lowest BCUT2D eigenvalue weighted by atomic mass is 9.79. The van der Waals surface area contributed by atoms with E-state index in [2.05, 4.69) is 21.3 Å². The third kappa shape index (κ3) is 17.9. The van der Waals surface area contributed by atoms with E-state index in [0.717, 1.165) is 22.3 Å². The minimum absolute atomic E-state index is 0.0345. The van der Waals surface area contributed by atoms with Crippen LogP contribution in [0.15, 0.2) is 48.5 Å². The van der Waals surface area contributed by atoms with Crippen molar-refractivity contribution in [1.29, 1.82) is 0 Å². The smallest absolute Gasteiger partial charge is 0.322 e. The van der Waals surface area contributed by atoms with Crippen molar-refractivity contribution in [3.63, 3.8) is 0 Å². The number of fused-ring (bicyclic) bond motifs is 8. The highest BCUT2D eigenvalue weighted by Crippen LogP contribution is 2.44. The molecule has 20 heteroatoms. The molecule has 432 valence electrons. The quantitative estimate of drug-likeness (QED) is 0.0452. The van der Waals surface area contributed by atoms with Crippen LogP contribution in [-0.2, 0) is 85.7 Å². The summed E-state index contributed by atoms with van der Waals surface area (Å²) in [6.07, 6.45) is 0.138. The Hall–Kier alpha value is -8.16. The minimum atomic E-state index is -1.26. The van der Waals surface area contributed by atoms with Crippen molar-refractivity contribution in [3.05, 3.63) is 115 Å². The van der Waals surface area contributed by atoms with E-state index in [-0.39, 0.29) is 48.7 Å². The lowest BCUT2D eigenvalue weighted by molar-refractivity contribution is -0.138. The monoisotopic (exact) mass is 1110 g/mol. The van der Waals surface area contributed by atoms with Crippen LogP contribution in [0.25, 0.3) is 0 Å². The first-order valence-corrected chi connectivity index (χ1v) is 26.2. The molecule has 8 N–H and O–H groups in total. The zero-order valence-corrected chi connectivity index (χ0v) is 47.8. The van der Waals surface area contributed by atoms with E-state index in [4.69, 9.17) is 18.9 Å². The summed E-state index contributed by atoms with van der Waals surface area (Å²) in [5.74, 6) is -6.91. The van der Waals surface area contributed by atoms with Crippen molar-refractivity contribution in [3.8, 4) is 23.0 Å². The summed E-state index contributed by atoms with van der Waals surface area (Å²) in [5.41, 5.74) is 5.74. The summed E-state index contributed by atoms with van der Waals surface area (Å²) < 4.78 is 26.3. The van der Waals surface area contributed by atoms with E-state index in [1.165, 1.54) is 0 Å². The van der Waals surface area contributed by atoms with Crippen LogP contribution < -0.4 is 40.2 Å². The Labute approximate surface area is 466 Å². The Kier molecular flexibility index (Phi) is 20.2. The molecule has 0 aromatic heterocycles. The van der Waals surface area contributed by atoms with Gasteiger partial charge >= 0.3 is 23.9 Å². The molecule has 4 amide bonds. The number of carboxylic acids is 4. The normalized spacial score (nSPS) is 12.6. The molecule has 20 nitrogen and oxygen atoms in total. The fourth-order valence-electron chi connectivity index (χ4n) is 8.81. The molecule has 4 aromatic carbocycles. The molecule has 0 saturated heterocycles. The molecule has 0 spiro atoms. The molecule has 0 fully saturated rings. The summed E-state index contributed by atoms with van der Waals surface area (Å²) in [5, 5.41) is 47.1. The Bertz CT molecular complexity index is 2540. The van der Waals surface area contributed by atoms with Gasteiger partial charge in [-0.15, -0.1) is 0 Å². The Morgan fingerprint density at radius 3 is 0.600 bits per heavy atom. The van der Waals surface area contributed by atoms with Gasteiger partial charge in [0.2, 0.25) is 0 Å². The SMILES string of the molecule is CC(C)(C)c1cc2c(OCC(=O)NCC(=O)O)c(c1)Cc1cc(C(C)(C)C)cc(c1OCC(=O)NCC(=O)O)Cc1cc(C(C)(C)C)cc(c1OCC(=O)NCC(=O)O)Cc1cc(C(C)(C)C)cc(c1OCC(=O)NCC(=O)O)C2. The third-order valence-electron chi connectivity index (χ3n) is 13.1. The molecule has 80 heavy (non-hydrogen) atoms. The second kappa shape index (κ2) is 25.7. The van der Waals surface area contributed by atoms with E-state index in [0.29, 0.717) is 44.5 Å². The molecule has 1 aliphatic rings. The fraction of sp³-hybridized carbons (Fsp3) is 0.467. The predicted octanol–water partition coefficient (Wildman–Crippen LogP) is 5.87. The van der Waals surface area contributed by atoms with Gasteiger partial charge in [-0.25, -0.2) is 0 Å². The summed E-state index contributed by atoms with van der Waals surface area (Å²) in [4.78, 5) is 99.8. The zero-order chi connectivity index (χ0) is 59.7. The fourth-order valence-corrected chi connectivity index (χ4v) is 8.81. The number of aliphatic carboxylic acids is 4. The van der Waals surface area contributed by atoms with Crippen molar-refractivity contribution < 1.29 is 77.7 Å². The van der Waals surface area contributed by atoms with Crippen LogP contribution in [0.5, 0.6) is 23.0 Å². The van der Waals surface area contributed by atoms with Crippen LogP contribution in [0, 0.1) is 0 Å². The van der Waals surface area contributed by atoms with Gasteiger partial charge in [-0.3, -0.25) is 38.4 Å². The van der Waals surface area contributed by atoms with Crippen LogP contribution >= 0.6 is 0 Å². The second-order valence-corrected chi connectivity index (χ2v) is 24.0. The molecule has 0 unspecified atom stereocenters. The molecule has 1 aliphatic carbocycles. The molecule has 0 aliphatic heterocycles. The molecule has 4 aromatic rings. The molecule has 8 bridgehead atoms. The molecule has 0 radical (unpaired) electrons. The highest BCUT2D eigenvalue weighted by atomic mass is 16.5. The standard InChI is InChI=1S/C60H76N4O16/c1-57(2,3)41-17-33-13-35-19-42(58(4,5)6)21-37(54(35)78-30-46(66)62-26-50(71)72)15-39-23-44(60(10,11)12)24-40(56(39)80-32-48(68)64-28-52(75)76)16-38-22-43(59(7,8)9)20-36(55(38)79-31-47(67)63-27-51(73)74)14-34(18-41)53(33)77-29-45(65)61-25-49(69)70/h17-24H,13-16,25-32H2,1-12H3,(H,61,65)(H,62,66)(H,63,67)(H,64,68)(H,69,70)(H,71,72)(H,73,74)(H,75,76). The van der Waals surface area contributed by atoms with E-state index >= 15 is 0 Å². The number of hydrogen-bond donors (Lipinski definition) is 8. The Morgan fingerprint density at radius 2 is 0.475 bits per heavy atom. The van der Waals surface area contributed by atoms with Gasteiger partial charge in [-0.2, -0.15) is 0 Å². The maximum atomic E-state index is 13.4. The van der Waals surface area contributed by atoms with E-state index in [1.807, 2.05) is 132 Å². The number of carbonyl (C=O) groups is 8. The van der Waals surface area contributed by atoms with Crippen molar-refractivity contribution >= 4 is 47.5 Å². The van der Waals surface area contributed by atoms with E-state index in [9.17, 15) is 58.8 Å². The largest absolute Gasteiger partial charge is 0.483 e. The number of hydrogen-bond acceptors (Lipinski definition) is 12. The number of ether oxygens (including phenoxy) is 4. The number of amides is 4. The van der Waals surface area contributed by atoms with E-state index < -0.39 is 122 Å². The van der Waals surface area contributed by atoms with Gasteiger partial charge in [0.15, 0.2) is 26.4 Å². The number of carbonyl (C=O) groups excluding carboxylic acids is 4. The molecule has 0 heterocycles. The summed E-state index contributed by atoms with van der Waals surface area (Å²) in [7, 11) is 0. The van der Waals surface area contributed by atoms with Gasteiger partial charge in [0.25, 0.3) is 23.6 Å². The van der Waals surface area contributed by atoms with Gasteiger partial charge in [-0.1, -0.05) is 132 Å². The summed E-state index contributed by atoms with van der Waals surface area (Å²) >= 11 is 0. The van der Waals surface area contributed by atoms with Gasteiger partial charge in [0.05, 0.1) is 0 Å². The van der Waals surface area contributed by atoms with Crippen molar-refractivity contribution in [2.75, 3.05) is 52.6 Å². The summed E-state index contributed by atoms with van der Waals surface area (Å²) in [6.45, 7) is 19.3. The number of rotatable bonds is 20. The maximum absolute atomic E-state index is 13.4. The van der Waals surface area contributed by atoms with Gasteiger partial charge in [0.1, 0.15) is 49.2 Å². The van der Waals surface area contributed by atoms with Crippen LogP contribution in [0.2, 0.25) is 0 Å². The molecule has 5 rings (SSSR count). The number of carboxylic acid groups (broad SMARTS) is 4. The van der Waals surface area contributed by atoms with Gasteiger partial charge in [0, 0.05) is 25.7 Å². The van der Waals surface area contributed by atoms with Crippen molar-refractivity contribution in [2.45, 2.75) is 130 Å². The number of benzene rings is 4. The van der Waals surface area contributed by atoms with Gasteiger partial charge in [-0.05, 0) is 88.4 Å². The lowest BCUT2D eigenvalue weighted by Crippen LogP contribution is -2.33. The molecule has 0 saturated carbocycles. The summed E-state index contributed by atoms with van der Waals surface area (Å²) in [6, 6.07) is 15.6. The Morgan fingerprint density at radius 1 is 0.325 bits per heavy atom. The first kappa shape index (κ1) is 62.7. The number of nitrogens with one attached hydrogen (secondary N) is 4. The first-order chi connectivity index (χ1) is 37.1. The lowest BCUT2D eigenvalue weighted by Gasteiger charge is -2.29. The van der Waals surface area contributed by atoms with Gasteiger partial charge < -0.3 is 60.6 Å². The second-order valence-electron chi connectivity index (χ2n) is 24.0. The van der Waals surface area contributed by atoms with E-state index in [1.54, 1.807) is 0 Å². The van der Waals surface area contributed by atoms with Crippen LogP contribution in [-0.4, -0.2) is 121 Å². The highest BCUT2D eigenvalue weighted by molar-refractivity contribution is 5.84. The Balaban J connectivity index is 2.02. The molecular weight excluding hydrogens is 1030 g/mol.